The Labute approximate surface area is 199 Å². The number of aromatic nitrogens is 1. The second kappa shape index (κ2) is 8.67. The summed E-state index contributed by atoms with van der Waals surface area (Å²) < 4.78 is 0. The van der Waals surface area contributed by atoms with Crippen molar-refractivity contribution in [3.63, 3.8) is 0 Å². The first-order valence-corrected chi connectivity index (χ1v) is 11.5. The van der Waals surface area contributed by atoms with E-state index in [0.717, 1.165) is 33.3 Å². The second-order valence-electron chi connectivity index (χ2n) is 8.74. The highest BCUT2D eigenvalue weighted by Crippen LogP contribution is 2.46. The topological polar surface area (TPSA) is 65.2 Å². The molecule has 2 heterocycles. The first-order chi connectivity index (χ1) is 16.5. The third-order valence-corrected chi connectivity index (χ3v) is 6.58. The number of carbonyl (C=O) groups excluding carboxylic acids is 2. The molecule has 0 bridgehead atoms. The van der Waals surface area contributed by atoms with Crippen molar-refractivity contribution in [3.8, 4) is 11.3 Å². The lowest BCUT2D eigenvalue weighted by Gasteiger charge is -2.31. The van der Waals surface area contributed by atoms with Gasteiger partial charge in [-0.05, 0) is 37.1 Å². The van der Waals surface area contributed by atoms with Crippen LogP contribution >= 0.6 is 0 Å². The molecule has 1 aromatic heterocycles. The molecule has 0 saturated heterocycles. The minimum Gasteiger partial charge on any atom is -0.354 e. The monoisotopic (exact) mass is 449 g/mol. The van der Waals surface area contributed by atoms with Crippen LogP contribution in [0.25, 0.3) is 22.2 Å². The number of hydrogen-bond acceptors (Lipinski definition) is 2. The van der Waals surface area contributed by atoms with Crippen LogP contribution in [-0.2, 0) is 4.79 Å². The number of carbonyl (C=O) groups is 2. The van der Waals surface area contributed by atoms with E-state index < -0.39 is 12.1 Å². The maximum Gasteiger partial charge on any atom is 0.255 e. The summed E-state index contributed by atoms with van der Waals surface area (Å²) in [6.45, 7) is 7.88. The Balaban J connectivity index is 1.74. The van der Waals surface area contributed by atoms with Crippen molar-refractivity contribution in [1.82, 2.24) is 15.2 Å². The fourth-order valence-electron chi connectivity index (χ4n) is 4.87. The summed E-state index contributed by atoms with van der Waals surface area (Å²) in [5.41, 5.74) is 6.72. The average Bonchev–Trinajstić information content (AvgIpc) is 3.37. The zero-order valence-corrected chi connectivity index (χ0v) is 19.3. The predicted octanol–water partition coefficient (Wildman–Crippen LogP) is 5.38. The number of nitrogens with zero attached hydrogens (tertiary/aromatic N) is 1. The van der Waals surface area contributed by atoms with E-state index in [-0.39, 0.29) is 11.8 Å². The molecule has 1 aliphatic rings. The number of H-pyrrole nitrogens is 1. The van der Waals surface area contributed by atoms with Crippen LogP contribution in [-0.4, -0.2) is 34.3 Å². The molecule has 1 aliphatic heterocycles. The normalized spacial score (nSPS) is 15.9. The first-order valence-electron chi connectivity index (χ1n) is 11.5. The van der Waals surface area contributed by atoms with Crippen LogP contribution in [0.4, 0.5) is 0 Å². The van der Waals surface area contributed by atoms with Crippen molar-refractivity contribution < 1.29 is 9.59 Å². The smallest absolute Gasteiger partial charge is 0.255 e. The summed E-state index contributed by atoms with van der Waals surface area (Å²) in [7, 11) is 0. The Hall–Kier alpha value is -4.12. The molecule has 2 N–H and O–H groups in total. The van der Waals surface area contributed by atoms with E-state index in [4.69, 9.17) is 0 Å². The van der Waals surface area contributed by atoms with Crippen LogP contribution in [0.3, 0.4) is 0 Å². The van der Waals surface area contributed by atoms with E-state index >= 15 is 0 Å². The molecular formula is C29H27N3O2. The molecule has 170 valence electrons. The largest absolute Gasteiger partial charge is 0.354 e. The molecule has 0 fully saturated rings. The first kappa shape index (κ1) is 21.7. The number of amides is 2. The molecular weight excluding hydrogens is 422 g/mol. The van der Waals surface area contributed by atoms with Crippen LogP contribution < -0.4 is 5.32 Å². The van der Waals surface area contributed by atoms with Gasteiger partial charge in [-0.1, -0.05) is 72.3 Å². The van der Waals surface area contributed by atoms with E-state index in [1.165, 1.54) is 5.56 Å². The summed E-state index contributed by atoms with van der Waals surface area (Å²) >= 11 is 0. The van der Waals surface area contributed by atoms with E-state index in [1.807, 2.05) is 42.5 Å². The highest BCUT2D eigenvalue weighted by atomic mass is 16.2. The van der Waals surface area contributed by atoms with Gasteiger partial charge in [0.15, 0.2) is 0 Å². The molecule has 0 radical (unpaired) electrons. The van der Waals surface area contributed by atoms with Gasteiger partial charge in [-0.3, -0.25) is 9.59 Å². The maximum absolute atomic E-state index is 13.7. The lowest BCUT2D eigenvalue weighted by atomic mass is 9.92. The summed E-state index contributed by atoms with van der Waals surface area (Å²) in [6.07, 6.45) is 1.64. The Bertz CT molecular complexity index is 1400. The highest BCUT2D eigenvalue weighted by molar-refractivity contribution is 6.04. The van der Waals surface area contributed by atoms with Gasteiger partial charge in [0.05, 0.1) is 11.7 Å². The fraction of sp³-hybridized carbons (Fsp3) is 0.172. The maximum atomic E-state index is 13.7. The van der Waals surface area contributed by atoms with Gasteiger partial charge in [-0.15, -0.1) is 6.58 Å². The zero-order chi connectivity index (χ0) is 23.8. The average molecular weight is 450 g/mol. The summed E-state index contributed by atoms with van der Waals surface area (Å²) in [4.78, 5) is 32.0. The molecule has 2 unspecified atom stereocenters. The molecule has 5 heteroatoms. The van der Waals surface area contributed by atoms with Gasteiger partial charge in [0.1, 0.15) is 6.04 Å². The molecule has 2 amide bonds. The highest BCUT2D eigenvalue weighted by Gasteiger charge is 2.44. The van der Waals surface area contributed by atoms with Gasteiger partial charge in [0.25, 0.3) is 5.91 Å². The van der Waals surface area contributed by atoms with Gasteiger partial charge in [-0.2, -0.15) is 0 Å². The van der Waals surface area contributed by atoms with Crippen molar-refractivity contribution in [1.29, 1.82) is 0 Å². The number of aryl methyl sites for hydroxylation is 1. The Kier molecular flexibility index (Phi) is 5.54. The SMILES string of the molecule is C=CCNC(=O)C(C)N1C(=O)c2ccccc2C1c1c(-c2ccc(C)cc2)[nH]c2ccccc12. The van der Waals surface area contributed by atoms with E-state index in [0.29, 0.717) is 12.1 Å². The van der Waals surface area contributed by atoms with Crippen molar-refractivity contribution in [3.05, 3.63) is 108 Å². The molecule has 2 atom stereocenters. The number of aromatic amines is 1. The van der Waals surface area contributed by atoms with Gasteiger partial charge in [0.2, 0.25) is 5.91 Å². The van der Waals surface area contributed by atoms with Crippen LogP contribution in [0.2, 0.25) is 0 Å². The van der Waals surface area contributed by atoms with E-state index in [1.54, 1.807) is 17.9 Å². The van der Waals surface area contributed by atoms with E-state index in [9.17, 15) is 9.59 Å². The fourth-order valence-corrected chi connectivity index (χ4v) is 4.87. The lowest BCUT2D eigenvalue weighted by Crippen LogP contribution is -2.47. The van der Waals surface area contributed by atoms with Crippen molar-refractivity contribution >= 4 is 22.7 Å². The lowest BCUT2D eigenvalue weighted by molar-refractivity contribution is -0.125. The van der Waals surface area contributed by atoms with Crippen molar-refractivity contribution in [2.24, 2.45) is 0 Å². The molecule has 5 nitrogen and oxygen atoms in total. The molecule has 5 rings (SSSR count). The zero-order valence-electron chi connectivity index (χ0n) is 19.3. The van der Waals surface area contributed by atoms with E-state index in [2.05, 4.69) is 54.1 Å². The number of fused-ring (bicyclic) bond motifs is 2. The second-order valence-corrected chi connectivity index (χ2v) is 8.74. The van der Waals surface area contributed by atoms with Crippen LogP contribution in [0, 0.1) is 6.92 Å². The standard InChI is InChI=1S/C29H27N3O2/c1-4-17-30-28(33)19(3)32-27(21-9-5-6-10-22(21)29(32)34)25-23-11-7-8-12-24(23)31-26(25)20-15-13-18(2)14-16-20/h4-16,19,27,31H,1,17H2,2-3H3,(H,30,33). The Morgan fingerprint density at radius 3 is 2.56 bits per heavy atom. The number of hydrogen-bond donors (Lipinski definition) is 2. The summed E-state index contributed by atoms with van der Waals surface area (Å²) in [5.74, 6) is -0.343. The minimum absolute atomic E-state index is 0.137. The van der Waals surface area contributed by atoms with Gasteiger partial charge < -0.3 is 15.2 Å². The van der Waals surface area contributed by atoms with Crippen molar-refractivity contribution in [2.75, 3.05) is 6.54 Å². The molecule has 34 heavy (non-hydrogen) atoms. The quantitative estimate of drug-likeness (QED) is 0.388. The number of para-hydroxylation sites is 1. The summed E-state index contributed by atoms with van der Waals surface area (Å²) in [6, 6.07) is 23.1. The van der Waals surface area contributed by atoms with Gasteiger partial charge in [0, 0.05) is 28.6 Å². The minimum atomic E-state index is -0.663. The van der Waals surface area contributed by atoms with Crippen LogP contribution in [0.15, 0.2) is 85.5 Å². The predicted molar refractivity (Wildman–Crippen MR) is 136 cm³/mol. The molecule has 3 aromatic carbocycles. The number of nitrogens with one attached hydrogen (secondary N) is 2. The molecule has 0 saturated carbocycles. The summed E-state index contributed by atoms with van der Waals surface area (Å²) in [5, 5.41) is 3.89. The molecule has 0 aliphatic carbocycles. The van der Waals surface area contributed by atoms with Gasteiger partial charge in [-0.25, -0.2) is 0 Å². The third-order valence-electron chi connectivity index (χ3n) is 6.58. The molecule has 0 spiro atoms. The Morgan fingerprint density at radius 2 is 1.79 bits per heavy atom. The van der Waals surface area contributed by atoms with Crippen molar-refractivity contribution in [2.45, 2.75) is 25.9 Å². The third kappa shape index (κ3) is 3.50. The van der Waals surface area contributed by atoms with Gasteiger partial charge >= 0.3 is 0 Å². The number of benzene rings is 3. The molecule has 4 aromatic rings. The van der Waals surface area contributed by atoms with Crippen LogP contribution in [0.5, 0.6) is 0 Å². The van der Waals surface area contributed by atoms with Crippen LogP contribution in [0.1, 0.15) is 40.0 Å². The number of rotatable bonds is 6. The Morgan fingerprint density at radius 1 is 1.09 bits per heavy atom.